The van der Waals surface area contributed by atoms with Crippen LogP contribution in [0.15, 0.2) is 36.4 Å². The Morgan fingerprint density at radius 2 is 1.51 bits per heavy atom. The highest BCUT2D eigenvalue weighted by molar-refractivity contribution is 6.00. The number of aliphatic hydroxyl groups excluding tert-OH is 2. The number of nitrogens with one attached hydrogen (secondary N) is 2. The van der Waals surface area contributed by atoms with Gasteiger partial charge in [0, 0.05) is 42.9 Å². The van der Waals surface area contributed by atoms with Crippen molar-refractivity contribution in [1.82, 2.24) is 15.5 Å². The van der Waals surface area contributed by atoms with Crippen LogP contribution in [0.3, 0.4) is 0 Å². The fourth-order valence-corrected chi connectivity index (χ4v) is 4.52. The average molecular weight is 548 g/mol. The number of amides is 2. The first-order valence-corrected chi connectivity index (χ1v) is 13.7. The molecular formula is C30H43F2N3O4. The highest BCUT2D eigenvalue weighted by Crippen LogP contribution is 2.16. The number of benzene rings is 2. The first-order chi connectivity index (χ1) is 18.5. The summed E-state index contributed by atoms with van der Waals surface area (Å²) >= 11 is 0. The Bertz CT molecular complexity index is 1070. The van der Waals surface area contributed by atoms with Gasteiger partial charge in [0.1, 0.15) is 11.6 Å². The molecule has 0 heterocycles. The highest BCUT2D eigenvalue weighted by Gasteiger charge is 2.25. The Kier molecular flexibility index (Phi) is 13.0. The quantitative estimate of drug-likeness (QED) is 0.271. The summed E-state index contributed by atoms with van der Waals surface area (Å²) in [5, 5.41) is 26.5. The van der Waals surface area contributed by atoms with Crippen molar-refractivity contribution < 1.29 is 28.6 Å². The second-order valence-corrected chi connectivity index (χ2v) is 10.5. The molecule has 0 radical (unpaired) electrons. The van der Waals surface area contributed by atoms with E-state index in [-0.39, 0.29) is 48.6 Å². The van der Waals surface area contributed by atoms with Crippen LogP contribution in [-0.4, -0.2) is 71.4 Å². The summed E-state index contributed by atoms with van der Waals surface area (Å²) in [6.07, 6.45) is 0.455. The summed E-state index contributed by atoms with van der Waals surface area (Å²) < 4.78 is 27.7. The average Bonchev–Trinajstić information content (AvgIpc) is 2.86. The van der Waals surface area contributed by atoms with Crippen molar-refractivity contribution >= 4 is 11.8 Å². The van der Waals surface area contributed by atoms with Crippen molar-refractivity contribution in [2.75, 3.05) is 26.2 Å². The van der Waals surface area contributed by atoms with Gasteiger partial charge in [0.05, 0.1) is 18.8 Å². The van der Waals surface area contributed by atoms with E-state index in [0.29, 0.717) is 18.7 Å². The zero-order valence-corrected chi connectivity index (χ0v) is 23.6. The standard InChI is InChI=1S/C30H43F2N3O4/c1-6-8-35(9-7-2)30(39)23-11-20(5)10-22(15-23)29(38)34-26(14-21-12-24(31)16-25(32)13-21)28(37)17-33-27(18-36)19(3)4/h10-13,15-16,19,26-28,33,36-37H,6-9,14,17-18H2,1-5H3,(H,34,38)/t26-,27-,28+/m0/s1. The van der Waals surface area contributed by atoms with E-state index in [1.807, 2.05) is 27.7 Å². The van der Waals surface area contributed by atoms with Crippen LogP contribution < -0.4 is 10.6 Å². The number of carbonyl (C=O) groups is 2. The Labute approximate surface area is 230 Å². The second kappa shape index (κ2) is 15.6. The molecule has 39 heavy (non-hydrogen) atoms. The van der Waals surface area contributed by atoms with Gasteiger partial charge in [0.25, 0.3) is 11.8 Å². The molecule has 0 saturated heterocycles. The summed E-state index contributed by atoms with van der Waals surface area (Å²) in [5.41, 5.74) is 1.65. The van der Waals surface area contributed by atoms with Crippen LogP contribution in [-0.2, 0) is 6.42 Å². The summed E-state index contributed by atoms with van der Waals surface area (Å²) in [5.74, 6) is -2.09. The lowest BCUT2D eigenvalue weighted by Gasteiger charge is -2.28. The predicted octanol–water partition coefficient (Wildman–Crippen LogP) is 3.84. The molecule has 0 fully saturated rings. The third kappa shape index (κ3) is 9.98. The molecule has 0 spiro atoms. The van der Waals surface area contributed by atoms with E-state index in [0.717, 1.165) is 36.6 Å². The number of nitrogens with zero attached hydrogens (tertiary/aromatic N) is 1. The van der Waals surface area contributed by atoms with Gasteiger partial charge < -0.3 is 25.7 Å². The molecule has 0 aliphatic carbocycles. The number of aliphatic hydroxyl groups is 2. The van der Waals surface area contributed by atoms with Crippen molar-refractivity contribution in [3.8, 4) is 0 Å². The Balaban J connectivity index is 2.32. The zero-order valence-electron chi connectivity index (χ0n) is 23.6. The Morgan fingerprint density at radius 1 is 0.923 bits per heavy atom. The maximum absolute atomic E-state index is 13.9. The van der Waals surface area contributed by atoms with E-state index in [4.69, 9.17) is 0 Å². The van der Waals surface area contributed by atoms with Crippen LogP contribution in [0.5, 0.6) is 0 Å². The monoisotopic (exact) mass is 547 g/mol. The van der Waals surface area contributed by atoms with Crippen LogP contribution in [0.4, 0.5) is 8.78 Å². The van der Waals surface area contributed by atoms with E-state index in [9.17, 15) is 28.6 Å². The van der Waals surface area contributed by atoms with Crippen LogP contribution in [0, 0.1) is 24.5 Å². The molecule has 4 N–H and O–H groups in total. The first-order valence-electron chi connectivity index (χ1n) is 13.7. The molecule has 2 amide bonds. The Hall–Kier alpha value is -2.88. The van der Waals surface area contributed by atoms with E-state index >= 15 is 0 Å². The molecular weight excluding hydrogens is 504 g/mol. The lowest BCUT2D eigenvalue weighted by molar-refractivity contribution is 0.0755. The molecule has 0 aliphatic rings. The number of hydrogen-bond donors (Lipinski definition) is 4. The molecule has 216 valence electrons. The zero-order chi connectivity index (χ0) is 29.1. The molecule has 0 bridgehead atoms. The molecule has 0 aromatic heterocycles. The molecule has 0 saturated carbocycles. The largest absolute Gasteiger partial charge is 0.395 e. The lowest BCUT2D eigenvalue weighted by Crippen LogP contribution is -2.51. The van der Waals surface area contributed by atoms with E-state index in [2.05, 4.69) is 10.6 Å². The summed E-state index contributed by atoms with van der Waals surface area (Å²) in [6, 6.07) is 6.82. The van der Waals surface area contributed by atoms with Gasteiger partial charge in [-0.15, -0.1) is 0 Å². The third-order valence-electron chi connectivity index (χ3n) is 6.61. The normalized spacial score (nSPS) is 13.7. The molecule has 3 atom stereocenters. The third-order valence-corrected chi connectivity index (χ3v) is 6.61. The topological polar surface area (TPSA) is 102 Å². The van der Waals surface area contributed by atoms with Gasteiger partial charge in [-0.1, -0.05) is 27.7 Å². The van der Waals surface area contributed by atoms with Gasteiger partial charge >= 0.3 is 0 Å². The van der Waals surface area contributed by atoms with E-state index in [1.165, 1.54) is 6.07 Å². The number of carbonyl (C=O) groups excluding carboxylic acids is 2. The van der Waals surface area contributed by atoms with Crippen molar-refractivity contribution in [2.24, 2.45) is 5.92 Å². The van der Waals surface area contributed by atoms with Crippen molar-refractivity contribution in [1.29, 1.82) is 0 Å². The lowest BCUT2D eigenvalue weighted by atomic mass is 9.98. The summed E-state index contributed by atoms with van der Waals surface area (Å²) in [6.45, 7) is 10.8. The maximum Gasteiger partial charge on any atom is 0.253 e. The van der Waals surface area contributed by atoms with Crippen LogP contribution in [0.25, 0.3) is 0 Å². The first kappa shape index (κ1) is 32.3. The number of aryl methyl sites for hydroxylation is 1. The van der Waals surface area contributed by atoms with Gasteiger partial charge in [-0.2, -0.15) is 0 Å². The number of hydrogen-bond acceptors (Lipinski definition) is 5. The van der Waals surface area contributed by atoms with Crippen LogP contribution >= 0.6 is 0 Å². The predicted molar refractivity (Wildman–Crippen MR) is 149 cm³/mol. The van der Waals surface area contributed by atoms with Gasteiger partial charge in [-0.25, -0.2) is 8.78 Å². The molecule has 0 unspecified atom stereocenters. The minimum Gasteiger partial charge on any atom is -0.395 e. The van der Waals surface area contributed by atoms with Gasteiger partial charge in [0.2, 0.25) is 0 Å². The van der Waals surface area contributed by atoms with Gasteiger partial charge in [0.15, 0.2) is 0 Å². The van der Waals surface area contributed by atoms with Gasteiger partial charge in [-0.05, 0) is 73.6 Å². The molecule has 0 aliphatic heterocycles. The van der Waals surface area contributed by atoms with E-state index < -0.39 is 29.7 Å². The molecule has 7 nitrogen and oxygen atoms in total. The molecule has 2 rings (SSSR count). The summed E-state index contributed by atoms with van der Waals surface area (Å²) in [7, 11) is 0. The minimum atomic E-state index is -1.14. The smallest absolute Gasteiger partial charge is 0.253 e. The van der Waals surface area contributed by atoms with Crippen molar-refractivity contribution in [2.45, 2.75) is 72.1 Å². The van der Waals surface area contributed by atoms with Crippen LogP contribution in [0.2, 0.25) is 0 Å². The van der Waals surface area contributed by atoms with Gasteiger partial charge in [-0.3, -0.25) is 9.59 Å². The van der Waals surface area contributed by atoms with Crippen molar-refractivity contribution in [3.63, 3.8) is 0 Å². The van der Waals surface area contributed by atoms with Crippen LogP contribution in [0.1, 0.15) is 72.4 Å². The molecule has 2 aromatic rings. The summed E-state index contributed by atoms with van der Waals surface area (Å²) in [4.78, 5) is 28.3. The second-order valence-electron chi connectivity index (χ2n) is 10.5. The Morgan fingerprint density at radius 3 is 2.05 bits per heavy atom. The van der Waals surface area contributed by atoms with Crippen molar-refractivity contribution in [3.05, 3.63) is 70.3 Å². The number of halogens is 2. The molecule has 9 heteroatoms. The fraction of sp³-hybridized carbons (Fsp3) is 0.533. The van der Waals surface area contributed by atoms with E-state index in [1.54, 1.807) is 24.0 Å². The molecule has 2 aromatic carbocycles. The minimum absolute atomic E-state index is 0.0344. The number of rotatable bonds is 15. The highest BCUT2D eigenvalue weighted by atomic mass is 19.1. The SMILES string of the molecule is CCCN(CCC)C(=O)c1cc(C)cc(C(=O)N[C@@H](Cc2cc(F)cc(F)c2)[C@H](O)CN[C@@H](CO)C(C)C)c1. The maximum atomic E-state index is 13.9. The fourth-order valence-electron chi connectivity index (χ4n) is 4.52.